The molecule has 3 atom stereocenters. The van der Waals surface area contributed by atoms with Gasteiger partial charge in [0.05, 0.1) is 5.41 Å². The van der Waals surface area contributed by atoms with Crippen LogP contribution in [0.25, 0.3) is 0 Å². The van der Waals surface area contributed by atoms with Crippen molar-refractivity contribution in [3.63, 3.8) is 0 Å². The average molecular weight is 381 g/mol. The van der Waals surface area contributed by atoms with Gasteiger partial charge in [0.2, 0.25) is 6.79 Å². The molecule has 0 saturated carbocycles. The molecular formula is C13H21NO8P2. The predicted molar refractivity (Wildman–Crippen MR) is 81.6 cm³/mol. The van der Waals surface area contributed by atoms with Crippen molar-refractivity contribution in [3.8, 4) is 0 Å². The Morgan fingerprint density at radius 1 is 1.21 bits per heavy atom. The number of aromatic nitrogens is 1. The van der Waals surface area contributed by atoms with Crippen molar-refractivity contribution in [1.29, 1.82) is 0 Å². The zero-order valence-corrected chi connectivity index (χ0v) is 15.4. The minimum absolute atomic E-state index is 0.501. The number of esters is 1. The van der Waals surface area contributed by atoms with Gasteiger partial charge in [0, 0.05) is 12.1 Å². The molecule has 11 heteroatoms. The molecule has 3 unspecified atom stereocenters. The highest BCUT2D eigenvalue weighted by atomic mass is 31.2. The molecule has 0 bridgehead atoms. The summed E-state index contributed by atoms with van der Waals surface area (Å²) in [7, 11) is -10.0. The van der Waals surface area contributed by atoms with E-state index in [2.05, 4.69) is 9.26 Å². The van der Waals surface area contributed by atoms with Crippen molar-refractivity contribution < 1.29 is 42.4 Å². The van der Waals surface area contributed by atoms with Gasteiger partial charge in [-0.05, 0) is 20.8 Å². The van der Waals surface area contributed by atoms with Crippen LogP contribution in [0.3, 0.4) is 0 Å². The topological polar surface area (TPSA) is 137 Å². The summed E-state index contributed by atoms with van der Waals surface area (Å²) in [5.74, 6) is -0.689. The second kappa shape index (κ2) is 7.87. The zero-order valence-electron chi connectivity index (χ0n) is 13.6. The summed E-state index contributed by atoms with van der Waals surface area (Å²) in [4.78, 5) is 42.2. The van der Waals surface area contributed by atoms with Gasteiger partial charge >= 0.3 is 13.6 Å². The Kier molecular flexibility index (Phi) is 6.87. The Balaban J connectivity index is 2.83. The molecule has 0 radical (unpaired) electrons. The number of ether oxygens (including phenoxy) is 1. The maximum absolute atomic E-state index is 12.2. The van der Waals surface area contributed by atoms with Gasteiger partial charge in [-0.15, -0.1) is 0 Å². The van der Waals surface area contributed by atoms with Crippen molar-refractivity contribution in [2.24, 2.45) is 5.41 Å². The molecule has 1 aromatic heterocycles. The number of carbonyl (C=O) groups is 1. The van der Waals surface area contributed by atoms with Crippen LogP contribution in [0.2, 0.25) is 0 Å². The Hall–Kier alpha value is -1.08. The number of hydrogen-bond acceptors (Lipinski definition) is 6. The maximum atomic E-state index is 12.2. The van der Waals surface area contributed by atoms with Crippen molar-refractivity contribution in [1.82, 2.24) is 0 Å². The lowest BCUT2D eigenvalue weighted by molar-refractivity contribution is -0.694. The fraction of sp³-hybridized carbons (Fsp3) is 0.538. The van der Waals surface area contributed by atoms with Gasteiger partial charge in [-0.3, -0.25) is 13.9 Å². The first-order valence-electron chi connectivity index (χ1n) is 6.96. The van der Waals surface area contributed by atoms with Crippen LogP contribution in [0.4, 0.5) is 0 Å². The zero-order chi connectivity index (χ0) is 18.6. The first-order chi connectivity index (χ1) is 10.8. The van der Waals surface area contributed by atoms with Crippen LogP contribution in [-0.4, -0.2) is 27.9 Å². The van der Waals surface area contributed by atoms with Crippen molar-refractivity contribution in [2.75, 3.05) is 6.79 Å². The third-order valence-corrected chi connectivity index (χ3v) is 7.00. The van der Waals surface area contributed by atoms with Crippen molar-refractivity contribution in [2.45, 2.75) is 32.7 Å². The molecular weight excluding hydrogens is 360 g/mol. The van der Waals surface area contributed by atoms with Crippen molar-refractivity contribution >= 4 is 21.2 Å². The lowest BCUT2D eigenvalue weighted by atomic mass is 9.98. The van der Waals surface area contributed by atoms with E-state index >= 15 is 0 Å². The van der Waals surface area contributed by atoms with E-state index in [4.69, 9.17) is 0 Å². The molecule has 136 valence electrons. The Labute approximate surface area is 139 Å². The van der Waals surface area contributed by atoms with Gasteiger partial charge in [-0.2, -0.15) is 0 Å². The van der Waals surface area contributed by atoms with Gasteiger partial charge in [0.15, 0.2) is 31.9 Å². The highest BCUT2D eigenvalue weighted by molar-refractivity contribution is 7.70. The van der Waals surface area contributed by atoms with Gasteiger partial charge in [0.25, 0.3) is 0 Å². The summed E-state index contributed by atoms with van der Waals surface area (Å²) in [6, 6.07) is 4.83. The fourth-order valence-electron chi connectivity index (χ4n) is 1.59. The maximum Gasteiger partial charge on any atom is 0.348 e. The highest BCUT2D eigenvalue weighted by Crippen LogP contribution is 2.61. The third-order valence-electron chi connectivity index (χ3n) is 2.94. The summed E-state index contributed by atoms with van der Waals surface area (Å²) >= 11 is 0. The number of nitrogens with zero attached hydrogens (tertiary/aromatic N) is 1. The van der Waals surface area contributed by atoms with E-state index in [0.29, 0.717) is 0 Å². The molecule has 24 heavy (non-hydrogen) atoms. The van der Waals surface area contributed by atoms with E-state index in [0.717, 1.165) is 0 Å². The molecule has 0 spiro atoms. The van der Waals surface area contributed by atoms with E-state index in [1.807, 2.05) is 0 Å². The molecule has 0 amide bonds. The lowest BCUT2D eigenvalue weighted by Gasteiger charge is -2.28. The SMILES string of the molecule is CC(C)(C)C(=O)OCOP(=O)(O)C(C[n+]1ccccc1)P(=O)([O-])O. The second-order valence-corrected chi connectivity index (χ2v) is 10.3. The predicted octanol–water partition coefficient (Wildman–Crippen LogP) is 0.595. The summed E-state index contributed by atoms with van der Waals surface area (Å²) in [5.41, 5.74) is -0.854. The molecule has 1 heterocycles. The standard InChI is InChI=1S/C13H21NO8P2/c1-13(2,3)12(15)21-10-22-24(19,20)11(23(16,17)18)9-14-7-5-4-6-8-14/h4-8,11H,9-10H2,1-3H3,(H2-,16,17,18,19,20). The highest BCUT2D eigenvalue weighted by Gasteiger charge is 2.43. The minimum atomic E-state index is -5.21. The molecule has 1 aromatic rings. The lowest BCUT2D eigenvalue weighted by Crippen LogP contribution is -2.40. The van der Waals surface area contributed by atoms with E-state index in [9.17, 15) is 28.6 Å². The summed E-state index contributed by atoms with van der Waals surface area (Å²) in [6.45, 7) is 3.31. The molecule has 0 aliphatic rings. The average Bonchev–Trinajstić information content (AvgIpc) is 2.43. The van der Waals surface area contributed by atoms with Crippen molar-refractivity contribution in [3.05, 3.63) is 30.6 Å². The molecule has 0 aliphatic heterocycles. The largest absolute Gasteiger partial charge is 0.778 e. The number of rotatable bonds is 7. The van der Waals surface area contributed by atoms with Gasteiger partial charge < -0.3 is 24.0 Å². The minimum Gasteiger partial charge on any atom is -0.778 e. The van der Waals surface area contributed by atoms with Gasteiger partial charge in [-0.25, -0.2) is 4.57 Å². The van der Waals surface area contributed by atoms with E-state index in [1.165, 1.54) is 17.0 Å². The van der Waals surface area contributed by atoms with Gasteiger partial charge in [0.1, 0.15) is 0 Å². The Morgan fingerprint density at radius 2 is 1.75 bits per heavy atom. The quantitative estimate of drug-likeness (QED) is 0.303. The Bertz CT molecular complexity index is 652. The first kappa shape index (κ1) is 21.0. The smallest absolute Gasteiger partial charge is 0.348 e. The summed E-state index contributed by atoms with van der Waals surface area (Å²) < 4.78 is 34.2. The molecule has 0 aliphatic carbocycles. The first-order valence-corrected chi connectivity index (χ1v) is 10.2. The molecule has 1 rings (SSSR count). The normalized spacial score (nSPS) is 18.2. The van der Waals surface area contributed by atoms with E-state index in [1.54, 1.807) is 39.0 Å². The molecule has 0 fully saturated rings. The number of carbonyl (C=O) groups excluding carboxylic acids is 1. The van der Waals surface area contributed by atoms with E-state index < -0.39 is 45.3 Å². The Morgan fingerprint density at radius 3 is 2.21 bits per heavy atom. The van der Waals surface area contributed by atoms with Crippen LogP contribution in [-0.2, 0) is 29.7 Å². The number of pyridine rings is 1. The van der Waals surface area contributed by atoms with Crippen LogP contribution < -0.4 is 9.46 Å². The molecule has 0 aromatic carbocycles. The van der Waals surface area contributed by atoms with Crippen LogP contribution in [0, 0.1) is 5.41 Å². The van der Waals surface area contributed by atoms with Crippen LogP contribution in [0.1, 0.15) is 20.8 Å². The third kappa shape index (κ3) is 6.43. The van der Waals surface area contributed by atoms with Crippen LogP contribution in [0.5, 0.6) is 0 Å². The van der Waals surface area contributed by atoms with E-state index in [-0.39, 0.29) is 0 Å². The van der Waals surface area contributed by atoms with Crippen LogP contribution in [0.15, 0.2) is 30.6 Å². The fourth-order valence-corrected chi connectivity index (χ4v) is 4.43. The second-order valence-electron chi connectivity index (χ2n) is 6.11. The summed E-state index contributed by atoms with van der Waals surface area (Å²) in [6.07, 6.45) is 2.92. The van der Waals surface area contributed by atoms with Gasteiger partial charge in [-0.1, -0.05) is 6.07 Å². The molecule has 0 saturated heterocycles. The summed E-state index contributed by atoms with van der Waals surface area (Å²) in [5, 5.41) is -2.09. The monoisotopic (exact) mass is 381 g/mol. The molecule has 9 nitrogen and oxygen atoms in total. The molecule has 2 N–H and O–H groups in total. The van der Waals surface area contributed by atoms with Crippen LogP contribution >= 0.6 is 15.2 Å². The number of hydrogen-bond donors (Lipinski definition) is 2.